The second-order valence-electron chi connectivity index (χ2n) is 7.87. The molecule has 150 valence electrons. The molecule has 2 amide bonds. The third-order valence-corrected chi connectivity index (χ3v) is 6.53. The summed E-state index contributed by atoms with van der Waals surface area (Å²) in [7, 11) is 0. The lowest BCUT2D eigenvalue weighted by molar-refractivity contribution is -0.142. The quantitative estimate of drug-likeness (QED) is 0.664. The molecular weight excluding hydrogens is 326 g/mol. The van der Waals surface area contributed by atoms with E-state index in [1.54, 1.807) is 0 Å². The van der Waals surface area contributed by atoms with Crippen molar-refractivity contribution in [2.24, 2.45) is 11.8 Å². The molecule has 1 saturated heterocycles. The zero-order valence-electron chi connectivity index (χ0n) is 17.4. The van der Waals surface area contributed by atoms with Crippen molar-refractivity contribution < 1.29 is 9.59 Å². The van der Waals surface area contributed by atoms with Gasteiger partial charge in [0.2, 0.25) is 11.8 Å². The molecule has 1 heterocycles. The van der Waals surface area contributed by atoms with E-state index in [2.05, 4.69) is 32.6 Å². The molecule has 0 N–H and O–H groups in total. The summed E-state index contributed by atoms with van der Waals surface area (Å²) < 4.78 is 0. The highest BCUT2D eigenvalue weighted by Crippen LogP contribution is 2.32. The monoisotopic (exact) mass is 365 g/mol. The fourth-order valence-corrected chi connectivity index (χ4v) is 4.77. The lowest BCUT2D eigenvalue weighted by Crippen LogP contribution is -2.59. The molecule has 5 heteroatoms. The van der Waals surface area contributed by atoms with Crippen LogP contribution in [0.25, 0.3) is 0 Å². The summed E-state index contributed by atoms with van der Waals surface area (Å²) in [5.74, 6) is 1.26. The number of carbonyl (C=O) groups excluding carboxylic acids is 2. The van der Waals surface area contributed by atoms with E-state index in [0.29, 0.717) is 17.7 Å². The van der Waals surface area contributed by atoms with Crippen molar-refractivity contribution in [1.82, 2.24) is 14.7 Å². The molecule has 0 aromatic rings. The maximum atomic E-state index is 13.2. The van der Waals surface area contributed by atoms with Crippen LogP contribution in [0, 0.1) is 11.8 Å². The Kier molecular flexibility index (Phi) is 8.39. The molecule has 0 bridgehead atoms. The van der Waals surface area contributed by atoms with Gasteiger partial charge in [0.25, 0.3) is 0 Å². The molecule has 5 nitrogen and oxygen atoms in total. The molecule has 1 atom stereocenters. The minimum absolute atomic E-state index is 0.0165. The SMILES string of the molecule is CCC(CC)C(=O)N1CCN([C@H](C(=O)N(CC)CC)C2CCCC2)CC1. The van der Waals surface area contributed by atoms with Crippen molar-refractivity contribution in [3.63, 3.8) is 0 Å². The van der Waals surface area contributed by atoms with E-state index in [1.807, 2.05) is 9.80 Å². The first kappa shape index (κ1) is 21.2. The lowest BCUT2D eigenvalue weighted by Gasteiger charge is -2.42. The van der Waals surface area contributed by atoms with E-state index in [0.717, 1.165) is 52.1 Å². The van der Waals surface area contributed by atoms with Gasteiger partial charge in [-0.05, 0) is 45.4 Å². The molecule has 2 aliphatic rings. The van der Waals surface area contributed by atoms with Gasteiger partial charge >= 0.3 is 0 Å². The molecule has 2 fully saturated rings. The average Bonchev–Trinajstić information content (AvgIpc) is 3.18. The van der Waals surface area contributed by atoms with Crippen LogP contribution in [0.2, 0.25) is 0 Å². The Morgan fingerprint density at radius 3 is 1.92 bits per heavy atom. The third kappa shape index (κ3) is 4.79. The predicted molar refractivity (Wildman–Crippen MR) is 106 cm³/mol. The smallest absolute Gasteiger partial charge is 0.240 e. The number of nitrogens with zero attached hydrogens (tertiary/aromatic N) is 3. The first-order valence-corrected chi connectivity index (χ1v) is 10.9. The van der Waals surface area contributed by atoms with Crippen LogP contribution in [0.3, 0.4) is 0 Å². The van der Waals surface area contributed by atoms with Crippen LogP contribution < -0.4 is 0 Å². The van der Waals surface area contributed by atoms with Gasteiger partial charge in [-0.25, -0.2) is 0 Å². The minimum Gasteiger partial charge on any atom is -0.342 e. The average molecular weight is 366 g/mol. The van der Waals surface area contributed by atoms with Crippen molar-refractivity contribution in [3.05, 3.63) is 0 Å². The number of likely N-dealkylation sites (N-methyl/N-ethyl adjacent to an activating group) is 1. The van der Waals surface area contributed by atoms with Crippen LogP contribution >= 0.6 is 0 Å². The van der Waals surface area contributed by atoms with E-state index in [4.69, 9.17) is 0 Å². The summed E-state index contributed by atoms with van der Waals surface area (Å²) in [6.07, 6.45) is 6.68. The third-order valence-electron chi connectivity index (χ3n) is 6.53. The number of rotatable bonds is 8. The van der Waals surface area contributed by atoms with Gasteiger partial charge in [0, 0.05) is 45.2 Å². The van der Waals surface area contributed by atoms with Gasteiger partial charge in [-0.3, -0.25) is 14.5 Å². The standard InChI is InChI=1S/C21H39N3O2/c1-5-17(6-2)20(25)24-15-13-23(14-16-24)19(18-11-9-10-12-18)21(26)22(7-3)8-4/h17-19H,5-16H2,1-4H3/t19-/m0/s1. The molecule has 2 rings (SSSR count). The molecule has 0 spiro atoms. The molecule has 1 aliphatic heterocycles. The first-order valence-electron chi connectivity index (χ1n) is 10.9. The van der Waals surface area contributed by atoms with Gasteiger partial charge < -0.3 is 9.80 Å². The van der Waals surface area contributed by atoms with E-state index < -0.39 is 0 Å². The normalized spacial score (nSPS) is 20.6. The Bertz CT molecular complexity index is 446. The number of hydrogen-bond acceptors (Lipinski definition) is 3. The number of amides is 2. The van der Waals surface area contributed by atoms with Crippen molar-refractivity contribution in [1.29, 1.82) is 0 Å². The van der Waals surface area contributed by atoms with Crippen LogP contribution in [0.4, 0.5) is 0 Å². The molecular formula is C21H39N3O2. The molecule has 1 aliphatic carbocycles. The summed E-state index contributed by atoms with van der Waals surface area (Å²) in [5, 5.41) is 0. The van der Waals surface area contributed by atoms with Gasteiger partial charge in [-0.15, -0.1) is 0 Å². The molecule has 1 saturated carbocycles. The molecule has 26 heavy (non-hydrogen) atoms. The largest absolute Gasteiger partial charge is 0.342 e. The summed E-state index contributed by atoms with van der Waals surface area (Å²) in [4.78, 5) is 32.3. The Hall–Kier alpha value is -1.10. The highest BCUT2D eigenvalue weighted by Gasteiger charge is 2.39. The van der Waals surface area contributed by atoms with Gasteiger partial charge in [0.15, 0.2) is 0 Å². The van der Waals surface area contributed by atoms with Crippen LogP contribution in [0.1, 0.15) is 66.2 Å². The summed E-state index contributed by atoms with van der Waals surface area (Å²) in [6, 6.07) is 0.0165. The van der Waals surface area contributed by atoms with Crippen LogP contribution in [-0.2, 0) is 9.59 Å². The Morgan fingerprint density at radius 1 is 0.923 bits per heavy atom. The van der Waals surface area contributed by atoms with E-state index >= 15 is 0 Å². The maximum Gasteiger partial charge on any atom is 0.240 e. The van der Waals surface area contributed by atoms with E-state index in [1.165, 1.54) is 25.7 Å². The highest BCUT2D eigenvalue weighted by atomic mass is 16.2. The van der Waals surface area contributed by atoms with Crippen molar-refractivity contribution in [3.8, 4) is 0 Å². The first-order chi connectivity index (χ1) is 12.6. The Labute approximate surface area is 160 Å². The number of piperazine rings is 1. The molecule has 0 aromatic heterocycles. The predicted octanol–water partition coefficient (Wildman–Crippen LogP) is 2.99. The number of carbonyl (C=O) groups is 2. The van der Waals surface area contributed by atoms with Gasteiger partial charge in [-0.1, -0.05) is 26.7 Å². The summed E-state index contributed by atoms with van der Waals surface area (Å²) in [6.45, 7) is 13.1. The fraction of sp³-hybridized carbons (Fsp3) is 0.905. The summed E-state index contributed by atoms with van der Waals surface area (Å²) in [5.41, 5.74) is 0. The van der Waals surface area contributed by atoms with Crippen LogP contribution in [-0.4, -0.2) is 71.8 Å². The zero-order chi connectivity index (χ0) is 19.1. The minimum atomic E-state index is 0.0165. The van der Waals surface area contributed by atoms with Crippen molar-refractivity contribution in [2.45, 2.75) is 72.3 Å². The zero-order valence-corrected chi connectivity index (χ0v) is 17.4. The van der Waals surface area contributed by atoms with Gasteiger partial charge in [0.1, 0.15) is 0 Å². The lowest BCUT2D eigenvalue weighted by atomic mass is 9.94. The van der Waals surface area contributed by atoms with Gasteiger partial charge in [-0.2, -0.15) is 0 Å². The number of hydrogen-bond donors (Lipinski definition) is 0. The topological polar surface area (TPSA) is 43.9 Å². The van der Waals surface area contributed by atoms with E-state index in [9.17, 15) is 9.59 Å². The van der Waals surface area contributed by atoms with Crippen molar-refractivity contribution in [2.75, 3.05) is 39.3 Å². The molecule has 0 radical (unpaired) electrons. The Balaban J connectivity index is 2.04. The van der Waals surface area contributed by atoms with E-state index in [-0.39, 0.29) is 12.0 Å². The molecule has 0 unspecified atom stereocenters. The summed E-state index contributed by atoms with van der Waals surface area (Å²) >= 11 is 0. The fourth-order valence-electron chi connectivity index (χ4n) is 4.77. The Morgan fingerprint density at radius 2 is 1.46 bits per heavy atom. The second-order valence-corrected chi connectivity index (χ2v) is 7.87. The highest BCUT2D eigenvalue weighted by molar-refractivity contribution is 5.82. The van der Waals surface area contributed by atoms with Crippen LogP contribution in [0.15, 0.2) is 0 Å². The van der Waals surface area contributed by atoms with Crippen molar-refractivity contribution >= 4 is 11.8 Å². The molecule has 0 aromatic carbocycles. The van der Waals surface area contributed by atoms with Crippen LogP contribution in [0.5, 0.6) is 0 Å². The maximum absolute atomic E-state index is 13.2. The second kappa shape index (κ2) is 10.3. The van der Waals surface area contributed by atoms with Gasteiger partial charge in [0.05, 0.1) is 6.04 Å².